The minimum atomic E-state index is -4.47. The summed E-state index contributed by atoms with van der Waals surface area (Å²) in [5.41, 5.74) is 0.0681. The van der Waals surface area contributed by atoms with Crippen LogP contribution in [0.2, 0.25) is 10.0 Å². The van der Waals surface area contributed by atoms with Gasteiger partial charge in [-0.05, 0) is 19.1 Å². The van der Waals surface area contributed by atoms with E-state index in [1.165, 1.54) is 18.2 Å². The van der Waals surface area contributed by atoms with Crippen molar-refractivity contribution in [1.29, 1.82) is 0 Å². The predicted octanol–water partition coefficient (Wildman–Crippen LogP) is 3.75. The molecule has 1 N–H and O–H groups in total. The molecule has 0 heterocycles. The van der Waals surface area contributed by atoms with Gasteiger partial charge in [-0.15, -0.1) is 0 Å². The van der Waals surface area contributed by atoms with E-state index in [-0.39, 0.29) is 22.2 Å². The lowest BCUT2D eigenvalue weighted by Crippen LogP contribution is -2.37. The highest BCUT2D eigenvalue weighted by Gasteiger charge is 2.33. The molecule has 20 heavy (non-hydrogen) atoms. The number of esters is 1. The maximum absolute atomic E-state index is 12.3. The SMILES string of the molecule is CCOC(=O)C(NCC(F)(F)F)c1c(Cl)cccc1Cl. The summed E-state index contributed by atoms with van der Waals surface area (Å²) in [6.45, 7) is 0.218. The van der Waals surface area contributed by atoms with Crippen LogP contribution in [0.5, 0.6) is 0 Å². The lowest BCUT2D eigenvalue weighted by molar-refractivity contribution is -0.149. The number of hydrogen-bond acceptors (Lipinski definition) is 3. The molecule has 0 spiro atoms. The summed E-state index contributed by atoms with van der Waals surface area (Å²) < 4.78 is 41.7. The van der Waals surface area contributed by atoms with Gasteiger partial charge in [-0.25, -0.2) is 4.79 Å². The Labute approximate surface area is 124 Å². The molecule has 0 aliphatic rings. The Morgan fingerprint density at radius 2 is 1.90 bits per heavy atom. The molecule has 0 saturated heterocycles. The number of carbonyl (C=O) groups excluding carboxylic acids is 1. The van der Waals surface area contributed by atoms with Crippen LogP contribution in [-0.2, 0) is 9.53 Å². The van der Waals surface area contributed by atoms with E-state index >= 15 is 0 Å². The summed E-state index contributed by atoms with van der Waals surface area (Å²) in [7, 11) is 0. The number of hydrogen-bond donors (Lipinski definition) is 1. The molecule has 3 nitrogen and oxygen atoms in total. The first kappa shape index (κ1) is 17.1. The molecule has 1 unspecified atom stereocenters. The zero-order valence-corrected chi connectivity index (χ0v) is 11.9. The Morgan fingerprint density at radius 1 is 1.35 bits per heavy atom. The van der Waals surface area contributed by atoms with E-state index < -0.39 is 24.7 Å². The maximum Gasteiger partial charge on any atom is 0.401 e. The van der Waals surface area contributed by atoms with Gasteiger partial charge in [-0.1, -0.05) is 29.3 Å². The van der Waals surface area contributed by atoms with Gasteiger partial charge in [0.05, 0.1) is 13.2 Å². The van der Waals surface area contributed by atoms with Crippen molar-refractivity contribution in [3.05, 3.63) is 33.8 Å². The Balaban J connectivity index is 3.07. The van der Waals surface area contributed by atoms with Gasteiger partial charge in [0.2, 0.25) is 0 Å². The van der Waals surface area contributed by atoms with Gasteiger partial charge in [0.15, 0.2) is 0 Å². The van der Waals surface area contributed by atoms with Crippen LogP contribution in [0.4, 0.5) is 13.2 Å². The number of ether oxygens (including phenoxy) is 1. The van der Waals surface area contributed by atoms with E-state index in [4.69, 9.17) is 27.9 Å². The fraction of sp³-hybridized carbons (Fsp3) is 0.417. The Morgan fingerprint density at radius 3 is 2.35 bits per heavy atom. The van der Waals surface area contributed by atoms with Gasteiger partial charge in [-0.2, -0.15) is 13.2 Å². The molecule has 8 heteroatoms. The van der Waals surface area contributed by atoms with Crippen LogP contribution in [0.25, 0.3) is 0 Å². The molecule has 0 radical (unpaired) electrons. The average Bonchev–Trinajstić information content (AvgIpc) is 2.31. The second-order valence-electron chi connectivity index (χ2n) is 3.82. The van der Waals surface area contributed by atoms with Crippen molar-refractivity contribution in [2.24, 2.45) is 0 Å². The molecular weight excluding hydrogens is 318 g/mol. The number of rotatable bonds is 5. The van der Waals surface area contributed by atoms with E-state index in [1.54, 1.807) is 6.92 Å². The molecule has 0 aliphatic carbocycles. The fourth-order valence-electron chi connectivity index (χ4n) is 1.53. The molecule has 112 valence electrons. The number of alkyl halides is 3. The monoisotopic (exact) mass is 329 g/mol. The quantitative estimate of drug-likeness (QED) is 0.836. The minimum absolute atomic E-state index is 0.0328. The number of nitrogens with one attached hydrogen (secondary N) is 1. The molecule has 1 atom stereocenters. The second kappa shape index (κ2) is 7.15. The third kappa shape index (κ3) is 4.85. The van der Waals surface area contributed by atoms with E-state index in [0.29, 0.717) is 0 Å². The standard InChI is InChI=1S/C12H12Cl2F3NO2/c1-2-20-11(19)10(18-6-12(15,16)17)9-7(13)4-3-5-8(9)14/h3-5,10,18H,2,6H2,1H3. The molecule has 1 aromatic rings. The smallest absolute Gasteiger partial charge is 0.401 e. The van der Waals surface area contributed by atoms with E-state index in [1.807, 2.05) is 0 Å². The van der Waals surface area contributed by atoms with Crippen molar-refractivity contribution in [3.63, 3.8) is 0 Å². The van der Waals surface area contributed by atoms with Crippen LogP contribution < -0.4 is 5.32 Å². The molecule has 1 rings (SSSR count). The van der Waals surface area contributed by atoms with Crippen LogP contribution in [0.15, 0.2) is 18.2 Å². The van der Waals surface area contributed by atoms with E-state index in [0.717, 1.165) is 0 Å². The molecule has 0 fully saturated rings. The van der Waals surface area contributed by atoms with Crippen LogP contribution in [0.3, 0.4) is 0 Å². The Kier molecular flexibility index (Phi) is 6.10. The Hall–Kier alpha value is -0.980. The van der Waals surface area contributed by atoms with Crippen molar-refractivity contribution < 1.29 is 22.7 Å². The molecule has 0 bridgehead atoms. The normalized spacial score (nSPS) is 13.1. The van der Waals surface area contributed by atoms with Crippen molar-refractivity contribution in [3.8, 4) is 0 Å². The third-order valence-electron chi connectivity index (χ3n) is 2.32. The van der Waals surface area contributed by atoms with E-state index in [2.05, 4.69) is 5.32 Å². The van der Waals surface area contributed by atoms with Gasteiger partial charge < -0.3 is 4.74 Å². The molecule has 0 amide bonds. The minimum Gasteiger partial charge on any atom is -0.465 e. The summed E-state index contributed by atoms with van der Waals surface area (Å²) >= 11 is 11.8. The van der Waals surface area contributed by atoms with Crippen molar-refractivity contribution in [2.45, 2.75) is 19.1 Å². The summed E-state index contributed by atoms with van der Waals surface area (Å²) in [6, 6.07) is 3.02. The lowest BCUT2D eigenvalue weighted by Gasteiger charge is -2.20. The van der Waals surface area contributed by atoms with Gasteiger partial charge in [0, 0.05) is 15.6 Å². The maximum atomic E-state index is 12.3. The van der Waals surface area contributed by atoms with Crippen LogP contribution >= 0.6 is 23.2 Å². The molecule has 1 aromatic carbocycles. The van der Waals surface area contributed by atoms with Gasteiger partial charge in [-0.3, -0.25) is 5.32 Å². The predicted molar refractivity (Wildman–Crippen MR) is 69.9 cm³/mol. The molecular formula is C12H12Cl2F3NO2. The van der Waals surface area contributed by atoms with Crippen LogP contribution in [-0.4, -0.2) is 25.3 Å². The summed E-state index contributed by atoms with van der Waals surface area (Å²) in [4.78, 5) is 11.8. The first-order valence-corrected chi connectivity index (χ1v) is 6.42. The molecule has 0 aliphatic heterocycles. The summed E-state index contributed by atoms with van der Waals surface area (Å²) in [5.74, 6) is -0.869. The number of benzene rings is 1. The third-order valence-corrected chi connectivity index (χ3v) is 2.98. The lowest BCUT2D eigenvalue weighted by atomic mass is 10.1. The molecule has 0 saturated carbocycles. The zero-order valence-electron chi connectivity index (χ0n) is 10.4. The highest BCUT2D eigenvalue weighted by Crippen LogP contribution is 2.31. The van der Waals surface area contributed by atoms with Crippen molar-refractivity contribution >= 4 is 29.2 Å². The van der Waals surface area contributed by atoms with Gasteiger partial charge in [0.1, 0.15) is 6.04 Å². The summed E-state index contributed by atoms with van der Waals surface area (Å²) in [5, 5.41) is 2.25. The second-order valence-corrected chi connectivity index (χ2v) is 4.63. The van der Waals surface area contributed by atoms with Crippen LogP contribution in [0.1, 0.15) is 18.5 Å². The van der Waals surface area contributed by atoms with Gasteiger partial charge >= 0.3 is 12.1 Å². The fourth-order valence-corrected chi connectivity index (χ4v) is 2.15. The largest absolute Gasteiger partial charge is 0.465 e. The number of halogens is 5. The van der Waals surface area contributed by atoms with Crippen molar-refractivity contribution in [2.75, 3.05) is 13.2 Å². The number of carbonyl (C=O) groups is 1. The highest BCUT2D eigenvalue weighted by molar-refractivity contribution is 6.36. The Bertz CT molecular complexity index is 460. The molecule has 0 aromatic heterocycles. The van der Waals surface area contributed by atoms with Crippen molar-refractivity contribution in [1.82, 2.24) is 5.32 Å². The summed E-state index contributed by atoms with van der Waals surface area (Å²) in [6.07, 6.45) is -4.47. The topological polar surface area (TPSA) is 38.3 Å². The van der Waals surface area contributed by atoms with Gasteiger partial charge in [0.25, 0.3) is 0 Å². The zero-order chi connectivity index (χ0) is 15.3. The first-order valence-electron chi connectivity index (χ1n) is 5.67. The van der Waals surface area contributed by atoms with E-state index in [9.17, 15) is 18.0 Å². The van der Waals surface area contributed by atoms with Crippen LogP contribution in [0, 0.1) is 0 Å². The first-order chi connectivity index (χ1) is 9.26. The average molecular weight is 330 g/mol. The highest BCUT2D eigenvalue weighted by atomic mass is 35.5.